The molecule has 0 aromatic heterocycles. The van der Waals surface area contributed by atoms with Crippen LogP contribution in [0.25, 0.3) is 0 Å². The Morgan fingerprint density at radius 2 is 1.79 bits per heavy atom. The van der Waals surface area contributed by atoms with E-state index in [0.29, 0.717) is 30.9 Å². The number of amides is 1. The molecule has 10 heteroatoms. The van der Waals surface area contributed by atoms with Crippen LogP contribution in [-0.2, 0) is 14.8 Å². The van der Waals surface area contributed by atoms with Crippen molar-refractivity contribution < 1.29 is 22.7 Å². The van der Waals surface area contributed by atoms with E-state index in [0.717, 1.165) is 0 Å². The summed E-state index contributed by atoms with van der Waals surface area (Å²) in [6.45, 7) is 4.64. The average molecular weight is 436 g/mol. The molecule has 1 aromatic rings. The fourth-order valence-corrected chi connectivity index (χ4v) is 4.46. The van der Waals surface area contributed by atoms with Crippen LogP contribution in [0, 0.1) is 5.92 Å². The first-order valence-electron chi connectivity index (χ1n) is 8.89. The molecule has 2 rings (SSSR count). The fraction of sp³-hybridized carbons (Fsp3) is 0.611. The van der Waals surface area contributed by atoms with Gasteiger partial charge in [-0.05, 0) is 38.8 Å². The van der Waals surface area contributed by atoms with Crippen LogP contribution in [0.1, 0.15) is 26.7 Å². The number of sulfonamides is 1. The number of benzene rings is 1. The first kappa shape index (κ1) is 24.5. The maximum absolute atomic E-state index is 12.9. The molecule has 0 unspecified atom stereocenters. The molecule has 8 nitrogen and oxygen atoms in total. The average Bonchev–Trinajstić information content (AvgIpc) is 2.67. The van der Waals surface area contributed by atoms with Gasteiger partial charge in [-0.1, -0.05) is 0 Å². The van der Waals surface area contributed by atoms with Gasteiger partial charge < -0.3 is 20.5 Å². The highest BCUT2D eigenvalue weighted by atomic mass is 35.5. The largest absolute Gasteiger partial charge is 0.493 e. The monoisotopic (exact) mass is 435 g/mol. The Bertz CT molecular complexity index is 777. The smallest absolute Gasteiger partial charge is 0.243 e. The van der Waals surface area contributed by atoms with E-state index in [4.69, 9.17) is 15.2 Å². The predicted molar refractivity (Wildman–Crippen MR) is 110 cm³/mol. The van der Waals surface area contributed by atoms with Crippen molar-refractivity contribution >= 4 is 28.3 Å². The lowest BCUT2D eigenvalue weighted by Gasteiger charge is -2.33. The van der Waals surface area contributed by atoms with Gasteiger partial charge in [-0.15, -0.1) is 12.4 Å². The molecule has 0 radical (unpaired) electrons. The summed E-state index contributed by atoms with van der Waals surface area (Å²) in [5.74, 6) is 0.535. The number of ether oxygens (including phenoxy) is 2. The highest BCUT2D eigenvalue weighted by molar-refractivity contribution is 7.89. The van der Waals surface area contributed by atoms with E-state index in [-0.39, 0.29) is 42.2 Å². The molecule has 0 atom stereocenters. The summed E-state index contributed by atoms with van der Waals surface area (Å²) in [6.07, 6.45) is 0.942. The van der Waals surface area contributed by atoms with Gasteiger partial charge in [0.05, 0.1) is 19.1 Å². The number of piperidine rings is 1. The molecule has 28 heavy (non-hydrogen) atoms. The van der Waals surface area contributed by atoms with Crippen LogP contribution in [0.3, 0.4) is 0 Å². The van der Waals surface area contributed by atoms with Crippen LogP contribution in [0.2, 0.25) is 0 Å². The Balaban J connectivity index is 0.00000392. The lowest BCUT2D eigenvalue weighted by atomic mass is 9.95. The summed E-state index contributed by atoms with van der Waals surface area (Å²) in [5.41, 5.74) is 5.18. The zero-order chi connectivity index (χ0) is 20.2. The second-order valence-electron chi connectivity index (χ2n) is 7.27. The molecule has 160 valence electrons. The third-order valence-corrected chi connectivity index (χ3v) is 6.68. The van der Waals surface area contributed by atoms with E-state index < -0.39 is 15.6 Å². The number of rotatable bonds is 7. The Labute approximate surface area is 173 Å². The Morgan fingerprint density at radius 1 is 1.21 bits per heavy atom. The minimum atomic E-state index is -3.66. The molecule has 0 saturated carbocycles. The molecule has 1 aliphatic heterocycles. The van der Waals surface area contributed by atoms with Gasteiger partial charge in [0.15, 0.2) is 11.5 Å². The molecule has 0 aliphatic carbocycles. The molecule has 0 spiro atoms. The van der Waals surface area contributed by atoms with Crippen molar-refractivity contribution in [3.05, 3.63) is 18.2 Å². The number of carbonyl (C=O) groups is 1. The van der Waals surface area contributed by atoms with E-state index in [9.17, 15) is 13.2 Å². The quantitative estimate of drug-likeness (QED) is 0.669. The lowest BCUT2D eigenvalue weighted by Crippen LogP contribution is -2.52. The molecule has 1 aromatic carbocycles. The maximum Gasteiger partial charge on any atom is 0.243 e. The second kappa shape index (κ2) is 9.78. The summed E-state index contributed by atoms with van der Waals surface area (Å²) in [4.78, 5) is 12.5. The number of nitrogens with one attached hydrogen (secondary N) is 1. The Morgan fingerprint density at radius 3 is 2.29 bits per heavy atom. The van der Waals surface area contributed by atoms with Crippen molar-refractivity contribution in [2.75, 3.05) is 33.9 Å². The number of hydrogen-bond acceptors (Lipinski definition) is 6. The number of carbonyl (C=O) groups excluding carboxylic acids is 1. The van der Waals surface area contributed by atoms with Crippen LogP contribution in [0.15, 0.2) is 23.1 Å². The van der Waals surface area contributed by atoms with Gasteiger partial charge in [-0.25, -0.2) is 8.42 Å². The number of nitrogens with zero attached hydrogens (tertiary/aromatic N) is 1. The number of hydrogen-bond donors (Lipinski definition) is 2. The summed E-state index contributed by atoms with van der Waals surface area (Å²) in [5, 5.41) is 2.93. The van der Waals surface area contributed by atoms with Crippen molar-refractivity contribution in [1.29, 1.82) is 0 Å². The van der Waals surface area contributed by atoms with Gasteiger partial charge in [-0.2, -0.15) is 4.31 Å². The van der Waals surface area contributed by atoms with Crippen molar-refractivity contribution in [3.8, 4) is 11.5 Å². The molecule has 1 aliphatic rings. The summed E-state index contributed by atoms with van der Waals surface area (Å²) < 4.78 is 37.6. The molecule has 1 saturated heterocycles. The first-order valence-corrected chi connectivity index (χ1v) is 10.3. The van der Waals surface area contributed by atoms with Gasteiger partial charge in [-0.3, -0.25) is 4.79 Å². The zero-order valence-electron chi connectivity index (χ0n) is 16.7. The Hall–Kier alpha value is -1.55. The first-order chi connectivity index (χ1) is 12.6. The van der Waals surface area contributed by atoms with Crippen LogP contribution in [0.4, 0.5) is 0 Å². The van der Waals surface area contributed by atoms with Crippen LogP contribution in [0.5, 0.6) is 11.5 Å². The Kier molecular flexibility index (Phi) is 8.55. The van der Waals surface area contributed by atoms with Gasteiger partial charge in [0.25, 0.3) is 0 Å². The van der Waals surface area contributed by atoms with Crippen molar-refractivity contribution in [1.82, 2.24) is 9.62 Å². The molecule has 1 amide bonds. The van der Waals surface area contributed by atoms with E-state index in [1.54, 1.807) is 6.07 Å². The van der Waals surface area contributed by atoms with Gasteiger partial charge in [0, 0.05) is 37.2 Å². The summed E-state index contributed by atoms with van der Waals surface area (Å²) >= 11 is 0. The van der Waals surface area contributed by atoms with Gasteiger partial charge >= 0.3 is 0 Å². The number of halogens is 1. The van der Waals surface area contributed by atoms with Crippen molar-refractivity contribution in [2.24, 2.45) is 11.7 Å². The normalized spacial score (nSPS) is 16.2. The second-order valence-corrected chi connectivity index (χ2v) is 9.21. The van der Waals surface area contributed by atoms with Crippen molar-refractivity contribution in [3.63, 3.8) is 0 Å². The van der Waals surface area contributed by atoms with E-state index >= 15 is 0 Å². The predicted octanol–water partition coefficient (Wildman–Crippen LogP) is 1.38. The van der Waals surface area contributed by atoms with Gasteiger partial charge in [0.1, 0.15) is 0 Å². The van der Waals surface area contributed by atoms with Crippen LogP contribution >= 0.6 is 12.4 Å². The third kappa shape index (κ3) is 5.50. The van der Waals surface area contributed by atoms with Crippen molar-refractivity contribution in [2.45, 2.75) is 37.1 Å². The molecule has 1 heterocycles. The summed E-state index contributed by atoms with van der Waals surface area (Å²) in [7, 11) is -0.709. The molecule has 3 N–H and O–H groups in total. The zero-order valence-corrected chi connectivity index (χ0v) is 18.4. The molecular weight excluding hydrogens is 406 g/mol. The van der Waals surface area contributed by atoms with E-state index in [1.807, 2.05) is 13.8 Å². The standard InChI is InChI=1S/C18H29N3O5S.ClH/c1-18(2,12-19)20-17(22)13-7-9-21(10-8-13)27(23,24)14-5-6-15(25-3)16(11-14)26-4;/h5-6,11,13H,7-10,12,19H2,1-4H3,(H,20,22);1H. The SMILES string of the molecule is COc1ccc(S(=O)(=O)N2CCC(C(=O)NC(C)(C)CN)CC2)cc1OC.Cl. The van der Waals surface area contributed by atoms with E-state index in [1.165, 1.54) is 30.7 Å². The number of methoxy groups -OCH3 is 2. The van der Waals surface area contributed by atoms with E-state index in [2.05, 4.69) is 5.32 Å². The van der Waals surface area contributed by atoms with Crippen LogP contribution < -0.4 is 20.5 Å². The highest BCUT2D eigenvalue weighted by Crippen LogP contribution is 2.32. The summed E-state index contributed by atoms with van der Waals surface area (Å²) in [6, 6.07) is 4.52. The minimum Gasteiger partial charge on any atom is -0.493 e. The minimum absolute atomic E-state index is 0. The van der Waals surface area contributed by atoms with Gasteiger partial charge in [0.2, 0.25) is 15.9 Å². The number of nitrogens with two attached hydrogens (primary N) is 1. The highest BCUT2D eigenvalue weighted by Gasteiger charge is 2.33. The third-order valence-electron chi connectivity index (χ3n) is 4.79. The molecule has 0 bridgehead atoms. The van der Waals surface area contributed by atoms with Crippen LogP contribution in [-0.4, -0.2) is 58.0 Å². The fourth-order valence-electron chi connectivity index (χ4n) is 2.97. The molecule has 1 fully saturated rings. The maximum atomic E-state index is 12.9. The molecular formula is C18H30ClN3O5S. The lowest BCUT2D eigenvalue weighted by molar-refractivity contribution is -0.127. The topological polar surface area (TPSA) is 111 Å².